The van der Waals surface area contributed by atoms with Crippen molar-refractivity contribution in [2.24, 2.45) is 0 Å². The number of thioether (sulfide) groups is 1. The molecule has 1 atom stereocenters. The lowest BCUT2D eigenvalue weighted by Crippen LogP contribution is -2.35. The van der Waals surface area contributed by atoms with E-state index in [2.05, 4.69) is 17.4 Å². The molecule has 2 aliphatic rings. The number of carbonyl (C=O) groups is 1. The van der Waals surface area contributed by atoms with Gasteiger partial charge in [0.1, 0.15) is 11.1 Å². The second-order valence-electron chi connectivity index (χ2n) is 6.67. The number of amides is 1. The number of rotatable bonds is 7. The third-order valence-electron chi connectivity index (χ3n) is 4.98. The average molecular weight is 349 g/mol. The molecular formula is C19H28N2O2S. The zero-order valence-electron chi connectivity index (χ0n) is 14.5. The SMILES string of the molecule is COc1ccc(C2SCC(=O)N2CCCNC2CCCCC2)cc1. The van der Waals surface area contributed by atoms with Gasteiger partial charge in [0, 0.05) is 12.6 Å². The molecule has 1 heterocycles. The fourth-order valence-corrected chi connectivity index (χ4v) is 4.82. The molecule has 1 aromatic rings. The van der Waals surface area contributed by atoms with Crippen LogP contribution in [0.1, 0.15) is 49.5 Å². The second-order valence-corrected chi connectivity index (χ2v) is 7.73. The van der Waals surface area contributed by atoms with E-state index in [9.17, 15) is 4.79 Å². The van der Waals surface area contributed by atoms with E-state index in [4.69, 9.17) is 4.74 Å². The maximum atomic E-state index is 12.2. The van der Waals surface area contributed by atoms with Gasteiger partial charge in [-0.1, -0.05) is 31.4 Å². The average Bonchev–Trinajstić information content (AvgIpc) is 3.00. The lowest BCUT2D eigenvalue weighted by atomic mass is 9.95. The van der Waals surface area contributed by atoms with Crippen molar-refractivity contribution < 1.29 is 9.53 Å². The third kappa shape index (κ3) is 4.45. The molecule has 1 aliphatic heterocycles. The quantitative estimate of drug-likeness (QED) is 0.765. The minimum Gasteiger partial charge on any atom is -0.497 e. The normalized spacial score (nSPS) is 22.1. The lowest BCUT2D eigenvalue weighted by Gasteiger charge is -2.26. The molecule has 4 nitrogen and oxygen atoms in total. The van der Waals surface area contributed by atoms with E-state index in [1.807, 2.05) is 17.0 Å². The largest absolute Gasteiger partial charge is 0.497 e. The van der Waals surface area contributed by atoms with Crippen molar-refractivity contribution in [2.75, 3.05) is 26.0 Å². The van der Waals surface area contributed by atoms with Gasteiger partial charge >= 0.3 is 0 Å². The van der Waals surface area contributed by atoms with Crippen LogP contribution in [0, 0.1) is 0 Å². The molecule has 3 rings (SSSR count). The van der Waals surface area contributed by atoms with Gasteiger partial charge < -0.3 is 15.0 Å². The van der Waals surface area contributed by atoms with E-state index in [1.54, 1.807) is 18.9 Å². The molecule has 0 spiro atoms. The van der Waals surface area contributed by atoms with Crippen molar-refractivity contribution in [1.29, 1.82) is 0 Å². The Morgan fingerprint density at radius 3 is 2.67 bits per heavy atom. The molecule has 1 saturated heterocycles. The van der Waals surface area contributed by atoms with Crippen LogP contribution >= 0.6 is 11.8 Å². The predicted octanol–water partition coefficient (Wildman–Crippen LogP) is 3.58. The molecule has 5 heteroatoms. The Bertz CT molecular complexity index is 529. The van der Waals surface area contributed by atoms with Gasteiger partial charge in [-0.25, -0.2) is 0 Å². The molecule has 0 bridgehead atoms. The fourth-order valence-electron chi connectivity index (χ4n) is 3.60. The molecule has 1 unspecified atom stereocenters. The number of nitrogens with zero attached hydrogens (tertiary/aromatic N) is 1. The molecule has 2 fully saturated rings. The van der Waals surface area contributed by atoms with Crippen LogP contribution in [0.15, 0.2) is 24.3 Å². The zero-order valence-corrected chi connectivity index (χ0v) is 15.3. The summed E-state index contributed by atoms with van der Waals surface area (Å²) >= 11 is 1.73. The number of hydrogen-bond donors (Lipinski definition) is 1. The number of benzene rings is 1. The summed E-state index contributed by atoms with van der Waals surface area (Å²) in [4.78, 5) is 14.3. The minimum atomic E-state index is 0.151. The van der Waals surface area contributed by atoms with E-state index >= 15 is 0 Å². The van der Waals surface area contributed by atoms with Crippen molar-refractivity contribution in [1.82, 2.24) is 10.2 Å². The Morgan fingerprint density at radius 2 is 1.96 bits per heavy atom. The number of methoxy groups -OCH3 is 1. The fraction of sp³-hybridized carbons (Fsp3) is 0.632. The highest BCUT2D eigenvalue weighted by atomic mass is 32.2. The Kier molecular flexibility index (Phi) is 6.44. The standard InChI is InChI=1S/C19H28N2O2S/c1-23-17-10-8-15(9-11-17)19-21(18(22)14-24-19)13-5-12-20-16-6-3-2-4-7-16/h8-11,16,19-20H,2-7,12-14H2,1H3. The minimum absolute atomic E-state index is 0.151. The first kappa shape index (κ1) is 17.6. The highest BCUT2D eigenvalue weighted by molar-refractivity contribution is 8.00. The molecule has 0 radical (unpaired) electrons. The molecule has 1 N–H and O–H groups in total. The first-order valence-corrected chi connectivity index (χ1v) is 10.1. The van der Waals surface area contributed by atoms with Crippen LogP contribution in [0.5, 0.6) is 5.75 Å². The number of ether oxygens (including phenoxy) is 1. The summed E-state index contributed by atoms with van der Waals surface area (Å²) in [6, 6.07) is 8.79. The molecule has 132 valence electrons. The molecule has 24 heavy (non-hydrogen) atoms. The molecule has 0 aromatic heterocycles. The Morgan fingerprint density at radius 1 is 1.21 bits per heavy atom. The molecule has 1 saturated carbocycles. The Labute approximate surface area is 149 Å². The van der Waals surface area contributed by atoms with Crippen LogP contribution in [0.4, 0.5) is 0 Å². The van der Waals surface area contributed by atoms with Crippen LogP contribution in [-0.2, 0) is 4.79 Å². The van der Waals surface area contributed by atoms with Crippen LogP contribution in [0.2, 0.25) is 0 Å². The summed E-state index contributed by atoms with van der Waals surface area (Å²) in [5.41, 5.74) is 1.19. The van der Waals surface area contributed by atoms with Gasteiger partial charge in [0.25, 0.3) is 0 Å². The zero-order chi connectivity index (χ0) is 16.8. The number of carbonyl (C=O) groups excluding carboxylic acids is 1. The highest BCUT2D eigenvalue weighted by Gasteiger charge is 2.32. The molecule has 1 aromatic carbocycles. The highest BCUT2D eigenvalue weighted by Crippen LogP contribution is 2.39. The number of hydrogen-bond acceptors (Lipinski definition) is 4. The summed E-state index contributed by atoms with van der Waals surface area (Å²) in [6.45, 7) is 1.84. The van der Waals surface area contributed by atoms with Crippen LogP contribution < -0.4 is 10.1 Å². The van der Waals surface area contributed by atoms with Crippen molar-refractivity contribution >= 4 is 17.7 Å². The summed E-state index contributed by atoms with van der Waals surface area (Å²) in [5.74, 6) is 1.71. The second kappa shape index (κ2) is 8.77. The van der Waals surface area contributed by atoms with E-state index in [1.165, 1.54) is 37.7 Å². The molecule has 1 aliphatic carbocycles. The Balaban J connectivity index is 1.49. The number of nitrogens with one attached hydrogen (secondary N) is 1. The van der Waals surface area contributed by atoms with Gasteiger partial charge in [0.2, 0.25) is 5.91 Å². The van der Waals surface area contributed by atoms with Crippen molar-refractivity contribution in [2.45, 2.75) is 49.9 Å². The predicted molar refractivity (Wildman–Crippen MR) is 99.4 cm³/mol. The smallest absolute Gasteiger partial charge is 0.233 e. The van der Waals surface area contributed by atoms with Crippen LogP contribution in [-0.4, -0.2) is 42.8 Å². The topological polar surface area (TPSA) is 41.6 Å². The van der Waals surface area contributed by atoms with Gasteiger partial charge in [0.15, 0.2) is 0 Å². The first-order valence-electron chi connectivity index (χ1n) is 9.06. The van der Waals surface area contributed by atoms with Gasteiger partial charge in [-0.15, -0.1) is 11.8 Å². The van der Waals surface area contributed by atoms with Gasteiger partial charge in [-0.05, 0) is 43.5 Å². The summed E-state index contributed by atoms with van der Waals surface area (Å²) in [7, 11) is 1.68. The summed E-state index contributed by atoms with van der Waals surface area (Å²) in [5, 5.41) is 3.82. The summed E-state index contributed by atoms with van der Waals surface area (Å²) in [6.07, 6.45) is 7.76. The van der Waals surface area contributed by atoms with Crippen molar-refractivity contribution in [3.05, 3.63) is 29.8 Å². The van der Waals surface area contributed by atoms with E-state index < -0.39 is 0 Å². The van der Waals surface area contributed by atoms with Gasteiger partial charge in [-0.3, -0.25) is 4.79 Å². The van der Waals surface area contributed by atoms with E-state index in [-0.39, 0.29) is 11.3 Å². The van der Waals surface area contributed by atoms with E-state index in [0.29, 0.717) is 11.8 Å². The van der Waals surface area contributed by atoms with Crippen LogP contribution in [0.25, 0.3) is 0 Å². The molecule has 1 amide bonds. The van der Waals surface area contributed by atoms with Gasteiger partial charge in [-0.2, -0.15) is 0 Å². The van der Waals surface area contributed by atoms with Crippen molar-refractivity contribution in [3.8, 4) is 5.75 Å². The first-order chi connectivity index (χ1) is 11.8. The Hall–Kier alpha value is -1.20. The lowest BCUT2D eigenvalue weighted by molar-refractivity contribution is -0.128. The van der Waals surface area contributed by atoms with Crippen LogP contribution in [0.3, 0.4) is 0 Å². The van der Waals surface area contributed by atoms with E-state index in [0.717, 1.165) is 25.3 Å². The monoisotopic (exact) mass is 348 g/mol. The maximum Gasteiger partial charge on any atom is 0.233 e. The van der Waals surface area contributed by atoms with Gasteiger partial charge in [0.05, 0.1) is 12.9 Å². The molecular weight excluding hydrogens is 320 g/mol. The van der Waals surface area contributed by atoms with Crippen molar-refractivity contribution in [3.63, 3.8) is 0 Å². The summed E-state index contributed by atoms with van der Waals surface area (Å²) < 4.78 is 5.22. The maximum absolute atomic E-state index is 12.2. The third-order valence-corrected chi connectivity index (χ3v) is 6.24.